The Kier molecular flexibility index (Phi) is 9.81. The molecule has 1 aromatic carbocycles. The van der Waals surface area contributed by atoms with Crippen molar-refractivity contribution in [3.63, 3.8) is 0 Å². The smallest absolute Gasteiger partial charge is 0.191 e. The van der Waals surface area contributed by atoms with Crippen molar-refractivity contribution < 1.29 is 9.13 Å². The van der Waals surface area contributed by atoms with E-state index in [0.29, 0.717) is 18.4 Å². The summed E-state index contributed by atoms with van der Waals surface area (Å²) in [6.45, 7) is 3.54. The molecule has 0 aliphatic heterocycles. The molecule has 2 rings (SSSR count). The lowest BCUT2D eigenvalue weighted by molar-refractivity contribution is 0.386. The van der Waals surface area contributed by atoms with Crippen LogP contribution in [0.5, 0.6) is 5.75 Å². The summed E-state index contributed by atoms with van der Waals surface area (Å²) < 4.78 is 18.6. The van der Waals surface area contributed by atoms with E-state index in [9.17, 15) is 4.39 Å². The van der Waals surface area contributed by atoms with Crippen LogP contribution in [0.3, 0.4) is 0 Å². The van der Waals surface area contributed by atoms with Crippen LogP contribution in [0.15, 0.2) is 40.7 Å². The van der Waals surface area contributed by atoms with Crippen molar-refractivity contribution in [1.29, 1.82) is 0 Å². The second-order valence-electron chi connectivity index (χ2n) is 5.66. The third-order valence-electron chi connectivity index (χ3n) is 3.65. The number of hydrogen-bond acceptors (Lipinski definition) is 3. The number of methoxy groups -OCH3 is 1. The maximum Gasteiger partial charge on any atom is 0.191 e. The minimum Gasteiger partial charge on any atom is -0.494 e. The van der Waals surface area contributed by atoms with Crippen molar-refractivity contribution >= 4 is 41.3 Å². The normalized spacial score (nSPS) is 12.2. The van der Waals surface area contributed by atoms with E-state index in [1.807, 2.05) is 6.07 Å². The molecule has 7 heteroatoms. The summed E-state index contributed by atoms with van der Waals surface area (Å²) in [6.07, 6.45) is 1.05. The number of hydrogen-bond donors (Lipinski definition) is 2. The van der Waals surface area contributed by atoms with Gasteiger partial charge >= 0.3 is 0 Å². The number of ether oxygens (including phenoxy) is 1. The van der Waals surface area contributed by atoms with E-state index < -0.39 is 0 Å². The van der Waals surface area contributed by atoms with Crippen LogP contribution in [0.4, 0.5) is 4.39 Å². The Hall–Kier alpha value is -1.35. The van der Waals surface area contributed by atoms with Gasteiger partial charge in [-0.15, -0.1) is 35.3 Å². The van der Waals surface area contributed by atoms with Crippen LogP contribution in [0, 0.1) is 11.7 Å². The molecule has 1 atom stereocenters. The summed E-state index contributed by atoms with van der Waals surface area (Å²) in [5, 5.41) is 8.61. The van der Waals surface area contributed by atoms with Gasteiger partial charge in [0.25, 0.3) is 0 Å². The molecule has 0 aliphatic carbocycles. The second-order valence-corrected chi connectivity index (χ2v) is 6.70. The Morgan fingerprint density at radius 2 is 2.12 bits per heavy atom. The molecule has 1 heterocycles. The molecule has 0 saturated heterocycles. The van der Waals surface area contributed by atoms with Gasteiger partial charge in [0.1, 0.15) is 0 Å². The summed E-state index contributed by atoms with van der Waals surface area (Å²) >= 11 is 1.78. The predicted molar refractivity (Wildman–Crippen MR) is 114 cm³/mol. The molecule has 0 amide bonds. The zero-order valence-corrected chi connectivity index (χ0v) is 17.9. The highest BCUT2D eigenvalue weighted by Gasteiger charge is 2.07. The first-order chi connectivity index (χ1) is 11.6. The van der Waals surface area contributed by atoms with Gasteiger partial charge in [-0.25, -0.2) is 4.39 Å². The lowest BCUT2D eigenvalue weighted by Crippen LogP contribution is -2.39. The number of nitrogens with one attached hydrogen (secondary N) is 2. The summed E-state index contributed by atoms with van der Waals surface area (Å²) in [4.78, 5) is 5.60. The second kappa shape index (κ2) is 11.3. The average molecular weight is 477 g/mol. The molecule has 0 radical (unpaired) electrons. The van der Waals surface area contributed by atoms with Crippen LogP contribution in [-0.2, 0) is 13.0 Å². The topological polar surface area (TPSA) is 45.7 Å². The highest BCUT2D eigenvalue weighted by atomic mass is 127. The average Bonchev–Trinajstić information content (AvgIpc) is 3.08. The summed E-state index contributed by atoms with van der Waals surface area (Å²) in [6, 6.07) is 9.17. The van der Waals surface area contributed by atoms with E-state index in [1.54, 1.807) is 24.5 Å². The highest BCUT2D eigenvalue weighted by Crippen LogP contribution is 2.17. The van der Waals surface area contributed by atoms with Gasteiger partial charge in [0.15, 0.2) is 17.5 Å². The fraction of sp³-hybridized carbons (Fsp3) is 0.389. The van der Waals surface area contributed by atoms with Crippen LogP contribution in [-0.4, -0.2) is 26.7 Å². The third kappa shape index (κ3) is 7.19. The molecule has 0 aliphatic rings. The van der Waals surface area contributed by atoms with E-state index in [4.69, 9.17) is 4.74 Å². The number of rotatable bonds is 7. The fourth-order valence-electron chi connectivity index (χ4n) is 2.34. The molecule has 2 N–H and O–H groups in total. The van der Waals surface area contributed by atoms with E-state index in [0.717, 1.165) is 18.5 Å². The number of nitrogens with zero attached hydrogens (tertiary/aromatic N) is 1. The first-order valence-electron chi connectivity index (χ1n) is 7.91. The molecule has 25 heavy (non-hydrogen) atoms. The first kappa shape index (κ1) is 21.7. The summed E-state index contributed by atoms with van der Waals surface area (Å²) in [5.74, 6) is 1.11. The minimum absolute atomic E-state index is 0. The molecule has 4 nitrogen and oxygen atoms in total. The number of halogens is 2. The molecule has 0 bridgehead atoms. The van der Waals surface area contributed by atoms with E-state index in [-0.39, 0.29) is 35.5 Å². The summed E-state index contributed by atoms with van der Waals surface area (Å²) in [7, 11) is 3.19. The van der Waals surface area contributed by atoms with Gasteiger partial charge in [0.05, 0.1) is 7.11 Å². The highest BCUT2D eigenvalue weighted by molar-refractivity contribution is 14.0. The molecular weight excluding hydrogens is 452 g/mol. The quantitative estimate of drug-likeness (QED) is 0.359. The molecule has 0 fully saturated rings. The zero-order chi connectivity index (χ0) is 17.4. The van der Waals surface area contributed by atoms with Crippen LogP contribution in [0.2, 0.25) is 0 Å². The number of aliphatic imine (C=N–C) groups is 1. The van der Waals surface area contributed by atoms with Crippen LogP contribution < -0.4 is 15.4 Å². The van der Waals surface area contributed by atoms with Crippen LogP contribution >= 0.6 is 35.3 Å². The summed E-state index contributed by atoms with van der Waals surface area (Å²) in [5.41, 5.74) is 0.836. The Morgan fingerprint density at radius 1 is 1.32 bits per heavy atom. The van der Waals surface area contributed by atoms with Crippen LogP contribution in [0.1, 0.15) is 17.4 Å². The van der Waals surface area contributed by atoms with Crippen LogP contribution in [0.25, 0.3) is 0 Å². The van der Waals surface area contributed by atoms with Crippen molar-refractivity contribution in [2.75, 3.05) is 20.7 Å². The number of thiophene rings is 1. The van der Waals surface area contributed by atoms with Gasteiger partial charge in [-0.05, 0) is 41.5 Å². The molecule has 0 spiro atoms. The van der Waals surface area contributed by atoms with Gasteiger partial charge in [-0.1, -0.05) is 19.1 Å². The standard InChI is InChI=1S/C18H24FN3OS.HI/c1-13(9-15-5-4-8-24-15)11-21-18(20-2)22-12-14-6-7-17(23-3)16(19)10-14;/h4-8,10,13H,9,11-12H2,1-3H3,(H2,20,21,22);1H. The van der Waals surface area contributed by atoms with E-state index >= 15 is 0 Å². The maximum atomic E-state index is 13.7. The van der Waals surface area contributed by atoms with E-state index in [1.165, 1.54) is 18.1 Å². The lowest BCUT2D eigenvalue weighted by atomic mass is 10.1. The Labute approximate surface area is 169 Å². The van der Waals surface area contributed by atoms with Crippen molar-refractivity contribution in [3.05, 3.63) is 52.0 Å². The Balaban J connectivity index is 0.00000312. The number of guanidine groups is 1. The first-order valence-corrected chi connectivity index (χ1v) is 8.79. The maximum absolute atomic E-state index is 13.7. The molecule has 0 saturated carbocycles. The van der Waals surface area contributed by atoms with Crippen molar-refractivity contribution in [1.82, 2.24) is 10.6 Å². The third-order valence-corrected chi connectivity index (χ3v) is 4.55. The molecule has 2 aromatic rings. The zero-order valence-electron chi connectivity index (χ0n) is 14.7. The van der Waals surface area contributed by atoms with Gasteiger partial charge < -0.3 is 15.4 Å². The predicted octanol–water partition coefficient (Wildman–Crippen LogP) is 4.06. The van der Waals surface area contributed by atoms with Crippen molar-refractivity contribution in [3.8, 4) is 5.75 Å². The SMILES string of the molecule is CN=C(NCc1ccc(OC)c(F)c1)NCC(C)Cc1cccs1.I. The molecule has 1 aromatic heterocycles. The Morgan fingerprint density at radius 3 is 2.72 bits per heavy atom. The van der Waals surface area contributed by atoms with Gasteiger partial charge in [0.2, 0.25) is 0 Å². The number of benzene rings is 1. The monoisotopic (exact) mass is 477 g/mol. The molecular formula is C18H25FIN3OS. The van der Waals surface area contributed by atoms with Gasteiger partial charge in [0, 0.05) is 25.0 Å². The molecule has 1 unspecified atom stereocenters. The van der Waals surface area contributed by atoms with Crippen molar-refractivity contribution in [2.24, 2.45) is 10.9 Å². The Bertz CT molecular complexity index is 664. The fourth-order valence-corrected chi connectivity index (χ4v) is 3.21. The van der Waals surface area contributed by atoms with Gasteiger partial charge in [-0.3, -0.25) is 4.99 Å². The largest absolute Gasteiger partial charge is 0.494 e. The van der Waals surface area contributed by atoms with Crippen molar-refractivity contribution in [2.45, 2.75) is 19.9 Å². The molecule has 138 valence electrons. The lowest BCUT2D eigenvalue weighted by Gasteiger charge is -2.16. The van der Waals surface area contributed by atoms with Gasteiger partial charge in [-0.2, -0.15) is 0 Å². The van der Waals surface area contributed by atoms with E-state index in [2.05, 4.69) is 40.1 Å². The minimum atomic E-state index is -0.357.